The standard InChI is InChI=1S/C18H26O3.C15H22O3/c1-4-6-7-8-16(5-2)21-18(19)14-11-15-9-12-17(20-3)13-10-15;1-3-5-6-9-12(4-2)18-15(17)13-10-7-8-11-14(13)16/h9-14,16H,4-8H2,1-3H3;7-8,10-12,16H,3-6,9H2,1-2H3. The quantitative estimate of drug-likeness (QED) is 0.131. The van der Waals surface area contributed by atoms with Gasteiger partial charge in [0.2, 0.25) is 0 Å². The molecule has 0 saturated heterocycles. The van der Waals surface area contributed by atoms with Gasteiger partial charge in [-0.05, 0) is 74.4 Å². The van der Waals surface area contributed by atoms with Gasteiger partial charge >= 0.3 is 11.9 Å². The normalized spacial score (nSPS) is 12.2. The summed E-state index contributed by atoms with van der Waals surface area (Å²) >= 11 is 0. The Hall–Kier alpha value is -3.28. The molecule has 0 heterocycles. The van der Waals surface area contributed by atoms with E-state index in [1.807, 2.05) is 31.2 Å². The van der Waals surface area contributed by atoms with Crippen molar-refractivity contribution in [3.8, 4) is 11.5 Å². The monoisotopic (exact) mass is 540 g/mol. The Morgan fingerprint density at radius 3 is 1.87 bits per heavy atom. The van der Waals surface area contributed by atoms with Crippen molar-refractivity contribution in [3.63, 3.8) is 0 Å². The summed E-state index contributed by atoms with van der Waals surface area (Å²) in [6.07, 6.45) is 13.6. The average molecular weight is 541 g/mol. The van der Waals surface area contributed by atoms with E-state index < -0.39 is 5.97 Å². The van der Waals surface area contributed by atoms with E-state index in [1.165, 1.54) is 25.0 Å². The number of carbonyl (C=O) groups is 2. The molecule has 6 nitrogen and oxygen atoms in total. The first-order valence-corrected chi connectivity index (χ1v) is 14.4. The highest BCUT2D eigenvalue weighted by molar-refractivity contribution is 5.92. The molecule has 0 amide bonds. The van der Waals surface area contributed by atoms with Gasteiger partial charge in [0.05, 0.1) is 7.11 Å². The van der Waals surface area contributed by atoms with Gasteiger partial charge in [0, 0.05) is 6.08 Å². The highest BCUT2D eigenvalue weighted by atomic mass is 16.5. The van der Waals surface area contributed by atoms with E-state index in [4.69, 9.17) is 14.2 Å². The predicted molar refractivity (Wildman–Crippen MR) is 158 cm³/mol. The van der Waals surface area contributed by atoms with Crippen LogP contribution in [0.4, 0.5) is 0 Å². The van der Waals surface area contributed by atoms with Crippen molar-refractivity contribution < 1.29 is 28.9 Å². The Balaban J connectivity index is 0.000000395. The van der Waals surface area contributed by atoms with Crippen LogP contribution in [0, 0.1) is 0 Å². The molecule has 0 fully saturated rings. The molecule has 0 radical (unpaired) electrons. The number of phenols is 1. The van der Waals surface area contributed by atoms with Crippen LogP contribution >= 0.6 is 0 Å². The van der Waals surface area contributed by atoms with Crippen LogP contribution in [0.2, 0.25) is 0 Å². The molecule has 0 aliphatic heterocycles. The van der Waals surface area contributed by atoms with E-state index in [9.17, 15) is 14.7 Å². The fourth-order valence-electron chi connectivity index (χ4n) is 3.88. The number of esters is 2. The fraction of sp³-hybridized carbons (Fsp3) is 0.515. The molecule has 2 atom stereocenters. The molecule has 2 aromatic carbocycles. The zero-order valence-corrected chi connectivity index (χ0v) is 24.5. The Morgan fingerprint density at radius 1 is 0.795 bits per heavy atom. The Kier molecular flexibility index (Phi) is 17.9. The second-order valence-electron chi connectivity index (χ2n) is 9.52. The Bertz CT molecular complexity index is 966. The number of para-hydroxylation sites is 1. The number of methoxy groups -OCH3 is 1. The lowest BCUT2D eigenvalue weighted by Crippen LogP contribution is -2.17. The molecule has 2 aromatic rings. The van der Waals surface area contributed by atoms with Crippen molar-refractivity contribution in [2.24, 2.45) is 0 Å². The Morgan fingerprint density at radius 2 is 1.36 bits per heavy atom. The minimum atomic E-state index is -0.434. The van der Waals surface area contributed by atoms with E-state index >= 15 is 0 Å². The number of phenolic OH excluding ortho intramolecular Hbond substituents is 1. The third kappa shape index (κ3) is 14.4. The molecule has 2 rings (SSSR count). The molecular formula is C33H48O6. The minimum Gasteiger partial charge on any atom is -0.507 e. The molecule has 0 bridgehead atoms. The Labute approximate surface area is 235 Å². The molecule has 0 aliphatic carbocycles. The maximum absolute atomic E-state index is 11.9. The topological polar surface area (TPSA) is 82.1 Å². The maximum atomic E-state index is 11.9. The molecule has 6 heteroatoms. The van der Waals surface area contributed by atoms with Gasteiger partial charge in [-0.15, -0.1) is 0 Å². The molecule has 216 valence electrons. The molecule has 0 saturated carbocycles. The number of aromatic hydroxyl groups is 1. The highest BCUT2D eigenvalue weighted by Crippen LogP contribution is 2.19. The molecule has 0 aromatic heterocycles. The summed E-state index contributed by atoms with van der Waals surface area (Å²) in [5.74, 6) is 0.0771. The SMILES string of the molecule is CCCCCC(CC)OC(=O)C=Cc1ccc(OC)cc1.CCCCCC(CC)OC(=O)c1ccccc1O. The van der Waals surface area contributed by atoms with Crippen molar-refractivity contribution in [2.75, 3.05) is 7.11 Å². The molecular weight excluding hydrogens is 492 g/mol. The van der Waals surface area contributed by atoms with E-state index in [1.54, 1.807) is 31.4 Å². The van der Waals surface area contributed by atoms with Crippen LogP contribution in [0.1, 0.15) is 108 Å². The predicted octanol–water partition coefficient (Wildman–Crippen LogP) is 8.52. The number of benzene rings is 2. The maximum Gasteiger partial charge on any atom is 0.342 e. The number of unbranched alkanes of at least 4 members (excludes halogenated alkanes) is 4. The van der Waals surface area contributed by atoms with Crippen LogP contribution in [-0.2, 0) is 14.3 Å². The second-order valence-corrected chi connectivity index (χ2v) is 9.52. The number of rotatable bonds is 16. The lowest BCUT2D eigenvalue weighted by Gasteiger charge is -2.16. The van der Waals surface area contributed by atoms with E-state index in [2.05, 4.69) is 20.8 Å². The summed E-state index contributed by atoms with van der Waals surface area (Å²) in [5.41, 5.74) is 1.19. The lowest BCUT2D eigenvalue weighted by atomic mass is 10.1. The van der Waals surface area contributed by atoms with Gasteiger partial charge < -0.3 is 19.3 Å². The number of hydrogen-bond donors (Lipinski definition) is 1. The minimum absolute atomic E-state index is 0.0223. The van der Waals surface area contributed by atoms with Crippen LogP contribution in [0.3, 0.4) is 0 Å². The summed E-state index contributed by atoms with van der Waals surface area (Å²) in [4.78, 5) is 23.7. The summed E-state index contributed by atoms with van der Waals surface area (Å²) in [5, 5.41) is 9.58. The highest BCUT2D eigenvalue weighted by Gasteiger charge is 2.16. The van der Waals surface area contributed by atoms with Crippen molar-refractivity contribution in [3.05, 3.63) is 65.7 Å². The van der Waals surface area contributed by atoms with E-state index in [0.29, 0.717) is 0 Å². The number of carbonyl (C=O) groups excluding carboxylic acids is 2. The van der Waals surface area contributed by atoms with Gasteiger partial charge in [0.25, 0.3) is 0 Å². The molecule has 0 aliphatic rings. The zero-order valence-electron chi connectivity index (χ0n) is 24.5. The molecule has 39 heavy (non-hydrogen) atoms. The van der Waals surface area contributed by atoms with E-state index in [-0.39, 0.29) is 29.5 Å². The average Bonchev–Trinajstić information content (AvgIpc) is 2.96. The summed E-state index contributed by atoms with van der Waals surface area (Å²) in [6, 6.07) is 14.0. The molecule has 1 N–H and O–H groups in total. The fourth-order valence-corrected chi connectivity index (χ4v) is 3.88. The van der Waals surface area contributed by atoms with Crippen molar-refractivity contribution >= 4 is 18.0 Å². The van der Waals surface area contributed by atoms with Gasteiger partial charge in [-0.3, -0.25) is 0 Å². The van der Waals surface area contributed by atoms with Gasteiger partial charge in [-0.2, -0.15) is 0 Å². The summed E-state index contributed by atoms with van der Waals surface area (Å²) in [6.45, 7) is 8.38. The summed E-state index contributed by atoms with van der Waals surface area (Å²) < 4.78 is 16.0. The van der Waals surface area contributed by atoms with Crippen LogP contribution < -0.4 is 4.74 Å². The van der Waals surface area contributed by atoms with Crippen LogP contribution in [0.15, 0.2) is 54.6 Å². The first-order valence-electron chi connectivity index (χ1n) is 14.4. The van der Waals surface area contributed by atoms with Crippen LogP contribution in [0.5, 0.6) is 11.5 Å². The van der Waals surface area contributed by atoms with Crippen LogP contribution in [-0.4, -0.2) is 36.4 Å². The van der Waals surface area contributed by atoms with E-state index in [0.717, 1.165) is 62.7 Å². The first-order chi connectivity index (χ1) is 18.9. The molecule has 0 spiro atoms. The molecule has 2 unspecified atom stereocenters. The van der Waals surface area contributed by atoms with Crippen molar-refractivity contribution in [1.82, 2.24) is 0 Å². The number of hydrogen-bond acceptors (Lipinski definition) is 6. The van der Waals surface area contributed by atoms with Gasteiger partial charge in [0.15, 0.2) is 0 Å². The second kappa shape index (κ2) is 20.7. The van der Waals surface area contributed by atoms with Crippen LogP contribution in [0.25, 0.3) is 6.08 Å². The van der Waals surface area contributed by atoms with Gasteiger partial charge in [-0.1, -0.05) is 77.6 Å². The van der Waals surface area contributed by atoms with Gasteiger partial charge in [0.1, 0.15) is 29.3 Å². The lowest BCUT2D eigenvalue weighted by molar-refractivity contribution is -0.143. The third-order valence-corrected chi connectivity index (χ3v) is 6.38. The zero-order chi connectivity index (χ0) is 28.9. The number of ether oxygens (including phenoxy) is 3. The smallest absolute Gasteiger partial charge is 0.342 e. The van der Waals surface area contributed by atoms with Crippen molar-refractivity contribution in [1.29, 1.82) is 0 Å². The largest absolute Gasteiger partial charge is 0.507 e. The first kappa shape index (κ1) is 33.7. The van der Waals surface area contributed by atoms with Crippen molar-refractivity contribution in [2.45, 2.75) is 104 Å². The summed E-state index contributed by atoms with van der Waals surface area (Å²) in [7, 11) is 1.63. The third-order valence-electron chi connectivity index (χ3n) is 6.38. The van der Waals surface area contributed by atoms with Gasteiger partial charge in [-0.25, -0.2) is 9.59 Å².